The molecule has 4 aliphatic heterocycles. The van der Waals surface area contributed by atoms with Crippen molar-refractivity contribution in [2.24, 2.45) is 0 Å². The van der Waals surface area contributed by atoms with Crippen molar-refractivity contribution in [3.05, 3.63) is 46.5 Å². The van der Waals surface area contributed by atoms with Crippen LogP contribution in [0.2, 0.25) is 5.02 Å². The van der Waals surface area contributed by atoms with Gasteiger partial charge < -0.3 is 33.8 Å². The maximum Gasteiger partial charge on any atom is 0.410 e. The SMILES string of the molecule is [2H]C([2H])([2H])N(C[C@@H]1CN2C(=C=O)[C@H]3CN(C(=O)OC(C)(C)C)[C@H](C)CN3c3c2c(nc2c(F)c(-c4c(C)ccc5c4cnn5C4CCCCO4)c(Cl)cc32)O1)C([2H])([2H])[2H]. The highest BCUT2D eigenvalue weighted by Crippen LogP contribution is 2.53. The van der Waals surface area contributed by atoms with Gasteiger partial charge in [0.05, 0.1) is 41.6 Å². The molecule has 8 rings (SSSR count). The normalized spacial score (nSPS) is 25.1. The van der Waals surface area contributed by atoms with E-state index in [-0.39, 0.29) is 59.2 Å². The second kappa shape index (κ2) is 13.2. The van der Waals surface area contributed by atoms with E-state index in [2.05, 4.69) is 5.10 Å². The summed E-state index contributed by atoms with van der Waals surface area (Å²) in [6, 6.07) is 4.14. The Labute approximate surface area is 321 Å². The Hall–Kier alpha value is -4.42. The lowest BCUT2D eigenvalue weighted by molar-refractivity contribution is -0.0366. The summed E-state index contributed by atoms with van der Waals surface area (Å²) >= 11 is 7.16. The number of amides is 1. The van der Waals surface area contributed by atoms with Crippen molar-refractivity contribution in [1.82, 2.24) is 24.6 Å². The number of aryl methyl sites for hydroxylation is 1. The summed E-state index contributed by atoms with van der Waals surface area (Å²) in [5, 5.41) is 5.71. The van der Waals surface area contributed by atoms with E-state index in [1.54, 1.807) is 37.9 Å². The Morgan fingerprint density at radius 3 is 2.70 bits per heavy atom. The van der Waals surface area contributed by atoms with Crippen molar-refractivity contribution in [1.29, 1.82) is 0 Å². The molecule has 0 N–H and O–H groups in total. The number of rotatable bonds is 4. The number of anilines is 2. The number of hydrogen-bond acceptors (Lipinski definition) is 10. The van der Waals surface area contributed by atoms with Gasteiger partial charge >= 0.3 is 6.09 Å². The van der Waals surface area contributed by atoms with Crippen LogP contribution in [0.1, 0.15) is 67.0 Å². The number of benzene rings is 2. The van der Waals surface area contributed by atoms with Crippen LogP contribution in [0.4, 0.5) is 20.6 Å². The topological polar surface area (TPSA) is 106 Å². The number of pyridine rings is 1. The van der Waals surface area contributed by atoms with Gasteiger partial charge in [-0.1, -0.05) is 17.7 Å². The molecule has 0 bridgehead atoms. The second-order valence-electron chi connectivity index (χ2n) is 15.3. The lowest BCUT2D eigenvalue weighted by Gasteiger charge is -2.53. The van der Waals surface area contributed by atoms with Crippen molar-refractivity contribution >= 4 is 56.8 Å². The predicted octanol–water partition coefficient (Wildman–Crippen LogP) is 6.72. The monoisotopic (exact) mass is 751 g/mol. The molecule has 1 unspecified atom stereocenters. The molecule has 14 heteroatoms. The van der Waals surface area contributed by atoms with Crippen molar-refractivity contribution < 1.29 is 36.4 Å². The van der Waals surface area contributed by atoms with Gasteiger partial charge in [-0.25, -0.2) is 23.6 Å². The third kappa shape index (κ3) is 5.98. The van der Waals surface area contributed by atoms with Gasteiger partial charge in [0.1, 0.15) is 34.5 Å². The van der Waals surface area contributed by atoms with E-state index in [0.717, 1.165) is 30.3 Å². The van der Waals surface area contributed by atoms with Crippen LogP contribution >= 0.6 is 11.6 Å². The minimum absolute atomic E-state index is 0.0257. The quantitative estimate of drug-likeness (QED) is 0.209. The predicted molar refractivity (Wildman–Crippen MR) is 202 cm³/mol. The van der Waals surface area contributed by atoms with Gasteiger partial charge in [0, 0.05) is 55.9 Å². The fraction of sp³-hybridized carbons (Fsp3) is 0.513. The first kappa shape index (κ1) is 29.0. The van der Waals surface area contributed by atoms with Crippen LogP contribution in [0, 0.1) is 12.7 Å². The Bertz CT molecular complexity index is 2400. The minimum Gasteiger partial charge on any atom is -0.470 e. The van der Waals surface area contributed by atoms with Gasteiger partial charge in [-0.05, 0) is 85.5 Å². The zero-order valence-electron chi connectivity index (χ0n) is 36.2. The van der Waals surface area contributed by atoms with Crippen LogP contribution in [0.15, 0.2) is 30.1 Å². The highest BCUT2D eigenvalue weighted by atomic mass is 35.5. The molecular formula is C39H45ClFN7O5. The summed E-state index contributed by atoms with van der Waals surface area (Å²) in [6.45, 7) is 2.81. The number of carbonyl (C=O) groups is 1. The lowest BCUT2D eigenvalue weighted by Crippen LogP contribution is -2.64. The number of nitrogens with zero attached hydrogens (tertiary/aromatic N) is 7. The largest absolute Gasteiger partial charge is 0.470 e. The highest BCUT2D eigenvalue weighted by molar-refractivity contribution is 6.35. The Morgan fingerprint density at radius 1 is 1.17 bits per heavy atom. The number of aromatic nitrogens is 3. The smallest absolute Gasteiger partial charge is 0.410 e. The van der Waals surface area contributed by atoms with Gasteiger partial charge in [-0.15, -0.1) is 0 Å². The Morgan fingerprint density at radius 2 is 1.98 bits per heavy atom. The maximum absolute atomic E-state index is 17.7. The average molecular weight is 752 g/mol. The number of hydrogen-bond donors (Lipinski definition) is 0. The van der Waals surface area contributed by atoms with Crippen LogP contribution in [0.3, 0.4) is 0 Å². The van der Waals surface area contributed by atoms with Gasteiger partial charge in [0.25, 0.3) is 0 Å². The third-order valence-electron chi connectivity index (χ3n) is 10.4. The lowest BCUT2D eigenvalue weighted by atomic mass is 9.92. The minimum atomic E-state index is -3.04. The first-order valence-electron chi connectivity index (χ1n) is 20.9. The number of fused-ring (bicyclic) bond motifs is 5. The van der Waals surface area contributed by atoms with Gasteiger partial charge in [-0.2, -0.15) is 5.10 Å². The van der Waals surface area contributed by atoms with Crippen LogP contribution in [0.25, 0.3) is 32.9 Å². The first-order valence-corrected chi connectivity index (χ1v) is 18.2. The molecule has 1 amide bonds. The van der Waals surface area contributed by atoms with Gasteiger partial charge in [-0.3, -0.25) is 0 Å². The van der Waals surface area contributed by atoms with Crippen LogP contribution < -0.4 is 14.5 Å². The molecule has 2 aromatic carbocycles. The number of halogens is 2. The van der Waals surface area contributed by atoms with E-state index < -0.39 is 56.2 Å². The zero-order valence-corrected chi connectivity index (χ0v) is 31.0. The maximum atomic E-state index is 17.7. The van der Waals surface area contributed by atoms with E-state index in [9.17, 15) is 9.59 Å². The van der Waals surface area contributed by atoms with Crippen LogP contribution in [-0.2, 0) is 14.3 Å². The summed E-state index contributed by atoms with van der Waals surface area (Å²) in [5.41, 5.74) is 1.91. The zero-order chi connectivity index (χ0) is 42.5. The molecule has 4 aliphatic rings. The summed E-state index contributed by atoms with van der Waals surface area (Å²) in [5.74, 6) is 1.15. The van der Waals surface area contributed by atoms with E-state index in [4.69, 9.17) is 39.0 Å². The van der Waals surface area contributed by atoms with Crippen LogP contribution in [-0.4, -0.2) is 107 Å². The highest BCUT2D eigenvalue weighted by Gasteiger charge is 2.48. The standard InChI is InChI=1S/C39H45ClFN7O5/c1-21-11-12-27-25(15-42-48(27)30-10-8-9-13-51-30)31(21)32-26(40)14-24-34(33(32)41)43-37-36-35(24)46-16-22(2)45(38(50)53-39(3,4)5)19-28(46)29(20-49)47(36)18-23(52-37)17-44(6)7/h11-12,14-15,22-23,28,30H,8-10,13,16-19H2,1-7H3/t22-,23-,28-,30?/m1/s1/i6D3,7D3. The summed E-state index contributed by atoms with van der Waals surface area (Å²) < 4.78 is 85.6. The molecular weight excluding hydrogens is 701 g/mol. The summed E-state index contributed by atoms with van der Waals surface area (Å²) in [7, 11) is 0. The van der Waals surface area contributed by atoms with Gasteiger partial charge in [0.15, 0.2) is 12.0 Å². The molecule has 280 valence electrons. The molecule has 6 heterocycles. The number of ether oxygens (including phenoxy) is 3. The van der Waals surface area contributed by atoms with E-state index in [1.165, 1.54) is 4.90 Å². The van der Waals surface area contributed by atoms with Crippen molar-refractivity contribution in [3.8, 4) is 17.0 Å². The van der Waals surface area contributed by atoms with Gasteiger partial charge in [0.2, 0.25) is 5.88 Å². The molecule has 0 spiro atoms. The molecule has 4 atom stereocenters. The van der Waals surface area contributed by atoms with E-state index in [1.807, 2.05) is 41.5 Å². The second-order valence-corrected chi connectivity index (χ2v) is 15.7. The van der Waals surface area contributed by atoms with Crippen LogP contribution in [0.5, 0.6) is 5.88 Å². The van der Waals surface area contributed by atoms with Crippen molar-refractivity contribution in [2.75, 3.05) is 56.5 Å². The van der Waals surface area contributed by atoms with Crippen molar-refractivity contribution in [3.63, 3.8) is 0 Å². The molecule has 2 fully saturated rings. The Balaban J connectivity index is 1.33. The fourth-order valence-electron chi connectivity index (χ4n) is 8.18. The molecule has 0 saturated carbocycles. The molecule has 4 aromatic rings. The molecule has 53 heavy (non-hydrogen) atoms. The number of piperazine rings is 1. The van der Waals surface area contributed by atoms with Crippen molar-refractivity contribution in [2.45, 2.75) is 83.9 Å². The summed E-state index contributed by atoms with van der Waals surface area (Å²) in [4.78, 5) is 36.7. The third-order valence-corrected chi connectivity index (χ3v) is 10.7. The number of likely N-dealkylation sites (N-methyl/N-ethyl adjacent to an activating group) is 1. The molecule has 12 nitrogen and oxygen atoms in total. The summed E-state index contributed by atoms with van der Waals surface area (Å²) in [6.07, 6.45) is 2.36. The molecule has 2 saturated heterocycles. The average Bonchev–Trinajstić information content (AvgIpc) is 3.58. The van der Waals surface area contributed by atoms with E-state index >= 15 is 4.39 Å². The molecule has 0 radical (unpaired) electrons. The fourth-order valence-corrected chi connectivity index (χ4v) is 8.46. The molecule has 2 aromatic heterocycles. The first-order chi connectivity index (χ1) is 27.7. The molecule has 0 aliphatic carbocycles. The Kier molecular flexibility index (Phi) is 7.20. The number of carbonyl (C=O) groups excluding carboxylic acids is 2. The van der Waals surface area contributed by atoms with E-state index in [0.29, 0.717) is 33.5 Å².